The van der Waals surface area contributed by atoms with Gasteiger partial charge in [-0.15, -0.1) is 0 Å². The lowest BCUT2D eigenvalue weighted by Crippen LogP contribution is -2.21. The fourth-order valence-electron chi connectivity index (χ4n) is 2.76. The van der Waals surface area contributed by atoms with Crippen LogP contribution in [0.4, 0.5) is 0 Å². The van der Waals surface area contributed by atoms with Gasteiger partial charge >= 0.3 is 0 Å². The zero-order chi connectivity index (χ0) is 16.3. The summed E-state index contributed by atoms with van der Waals surface area (Å²) >= 11 is 0. The molecule has 1 aliphatic heterocycles. The van der Waals surface area contributed by atoms with Crippen molar-refractivity contribution >= 4 is 12.2 Å². The van der Waals surface area contributed by atoms with Gasteiger partial charge in [0, 0.05) is 6.54 Å². The minimum absolute atomic E-state index is 1.17. The van der Waals surface area contributed by atoms with Gasteiger partial charge in [0.1, 0.15) is 0 Å². The molecule has 1 saturated heterocycles. The molecule has 0 unspecified atom stereocenters. The van der Waals surface area contributed by atoms with Crippen LogP contribution in [0.15, 0.2) is 67.8 Å². The van der Waals surface area contributed by atoms with Crippen molar-refractivity contribution in [1.29, 1.82) is 0 Å². The van der Waals surface area contributed by atoms with Crippen molar-refractivity contribution in [3.8, 4) is 0 Å². The highest BCUT2D eigenvalue weighted by Crippen LogP contribution is 2.11. The van der Waals surface area contributed by atoms with Gasteiger partial charge in [-0.1, -0.05) is 79.9 Å². The molecule has 0 aliphatic carbocycles. The molecule has 3 rings (SSSR count). The fraction of sp³-hybridized carbons (Fsp3) is 0.273. The summed E-state index contributed by atoms with van der Waals surface area (Å²) in [5.74, 6) is 0. The molecule has 1 heteroatoms. The van der Waals surface area contributed by atoms with Crippen LogP contribution < -0.4 is 0 Å². The van der Waals surface area contributed by atoms with Gasteiger partial charge in [-0.3, -0.25) is 0 Å². The molecule has 1 aliphatic rings. The molecule has 0 radical (unpaired) electrons. The Morgan fingerprint density at radius 1 is 0.826 bits per heavy atom. The molecular formula is C22H27N. The van der Waals surface area contributed by atoms with E-state index in [9.17, 15) is 0 Å². The third-order valence-electron chi connectivity index (χ3n) is 4.14. The molecule has 1 nitrogen and oxygen atoms in total. The Balaban J connectivity index is 0.000000203. The summed E-state index contributed by atoms with van der Waals surface area (Å²) in [6.07, 6.45) is 7.68. The molecule has 0 N–H and O–H groups in total. The lowest BCUT2D eigenvalue weighted by Gasteiger charge is -2.14. The maximum atomic E-state index is 3.80. The maximum Gasteiger partial charge on any atom is 0.00218 e. The van der Waals surface area contributed by atoms with Crippen LogP contribution >= 0.6 is 0 Å². The van der Waals surface area contributed by atoms with Crippen molar-refractivity contribution in [1.82, 2.24) is 4.90 Å². The van der Waals surface area contributed by atoms with E-state index < -0.39 is 0 Å². The summed E-state index contributed by atoms with van der Waals surface area (Å²) in [6, 6.07) is 18.7. The average Bonchev–Trinajstić information content (AvgIpc) is 3.15. The van der Waals surface area contributed by atoms with Crippen molar-refractivity contribution in [3.05, 3.63) is 84.4 Å². The molecule has 2 aromatic rings. The summed E-state index contributed by atoms with van der Waals surface area (Å²) in [5.41, 5.74) is 3.83. The highest BCUT2D eigenvalue weighted by molar-refractivity contribution is 5.48. The Morgan fingerprint density at radius 2 is 1.48 bits per heavy atom. The van der Waals surface area contributed by atoms with Gasteiger partial charge in [0.15, 0.2) is 0 Å². The largest absolute Gasteiger partial charge is 0.303 e. The third kappa shape index (κ3) is 6.25. The second-order valence-corrected chi connectivity index (χ2v) is 5.86. The molecule has 0 bridgehead atoms. The highest BCUT2D eigenvalue weighted by atomic mass is 15.1. The standard InChI is InChI=1S/C14H19N.C8H8/c1-2-13-6-5-7-14(12-13)8-11-15-9-3-4-10-15;1-2-8-6-4-3-5-7-8/h2,5-7,12H,1,3-4,8-11H2;2-7H,1H2. The van der Waals surface area contributed by atoms with Crippen LogP contribution in [-0.4, -0.2) is 24.5 Å². The van der Waals surface area contributed by atoms with E-state index in [1.807, 2.05) is 42.5 Å². The van der Waals surface area contributed by atoms with Crippen LogP contribution in [0.25, 0.3) is 12.2 Å². The third-order valence-corrected chi connectivity index (χ3v) is 4.14. The first-order valence-electron chi connectivity index (χ1n) is 8.43. The molecule has 2 aromatic carbocycles. The second kappa shape index (κ2) is 9.81. The van der Waals surface area contributed by atoms with Crippen LogP contribution in [0.3, 0.4) is 0 Å². The summed E-state index contributed by atoms with van der Waals surface area (Å²) in [4.78, 5) is 2.56. The Morgan fingerprint density at radius 3 is 2.09 bits per heavy atom. The molecule has 120 valence electrons. The van der Waals surface area contributed by atoms with E-state index >= 15 is 0 Å². The van der Waals surface area contributed by atoms with Crippen molar-refractivity contribution in [2.24, 2.45) is 0 Å². The predicted octanol–water partition coefficient (Wildman–Crippen LogP) is 5.30. The van der Waals surface area contributed by atoms with Crippen molar-refractivity contribution in [3.63, 3.8) is 0 Å². The molecule has 1 fully saturated rings. The molecule has 0 saturated carbocycles. The van der Waals surface area contributed by atoms with E-state index in [1.165, 1.54) is 55.6 Å². The van der Waals surface area contributed by atoms with E-state index in [4.69, 9.17) is 0 Å². The van der Waals surface area contributed by atoms with Crippen molar-refractivity contribution in [2.75, 3.05) is 19.6 Å². The first-order valence-corrected chi connectivity index (χ1v) is 8.43. The number of nitrogens with zero attached hydrogens (tertiary/aromatic N) is 1. The zero-order valence-electron chi connectivity index (χ0n) is 14.0. The van der Waals surface area contributed by atoms with E-state index in [-0.39, 0.29) is 0 Å². The van der Waals surface area contributed by atoms with E-state index in [2.05, 4.69) is 42.3 Å². The number of hydrogen-bond donors (Lipinski definition) is 0. The first kappa shape index (κ1) is 17.2. The molecule has 0 atom stereocenters. The summed E-state index contributed by atoms with van der Waals surface area (Å²) in [5, 5.41) is 0. The quantitative estimate of drug-likeness (QED) is 0.724. The molecule has 23 heavy (non-hydrogen) atoms. The number of benzene rings is 2. The summed E-state index contributed by atoms with van der Waals surface area (Å²) in [6.45, 7) is 11.2. The van der Waals surface area contributed by atoms with Crippen LogP contribution in [0.1, 0.15) is 29.5 Å². The van der Waals surface area contributed by atoms with Gasteiger partial charge in [-0.05, 0) is 49.0 Å². The monoisotopic (exact) mass is 305 g/mol. The van der Waals surface area contributed by atoms with Crippen molar-refractivity contribution in [2.45, 2.75) is 19.3 Å². The number of rotatable bonds is 5. The van der Waals surface area contributed by atoms with Gasteiger partial charge in [0.25, 0.3) is 0 Å². The van der Waals surface area contributed by atoms with Crippen LogP contribution in [-0.2, 0) is 6.42 Å². The van der Waals surface area contributed by atoms with Gasteiger partial charge in [-0.2, -0.15) is 0 Å². The van der Waals surface area contributed by atoms with E-state index in [1.54, 1.807) is 0 Å². The highest BCUT2D eigenvalue weighted by Gasteiger charge is 2.10. The molecule has 0 amide bonds. The molecular weight excluding hydrogens is 278 g/mol. The zero-order valence-corrected chi connectivity index (χ0v) is 14.0. The summed E-state index contributed by atoms with van der Waals surface area (Å²) < 4.78 is 0. The van der Waals surface area contributed by atoms with Crippen LogP contribution in [0.2, 0.25) is 0 Å². The lowest BCUT2D eigenvalue weighted by molar-refractivity contribution is 0.343. The average molecular weight is 305 g/mol. The first-order chi connectivity index (χ1) is 11.3. The fourth-order valence-corrected chi connectivity index (χ4v) is 2.76. The van der Waals surface area contributed by atoms with E-state index in [0.29, 0.717) is 0 Å². The Kier molecular flexibility index (Phi) is 7.35. The lowest BCUT2D eigenvalue weighted by atomic mass is 10.1. The van der Waals surface area contributed by atoms with Crippen molar-refractivity contribution < 1.29 is 0 Å². The van der Waals surface area contributed by atoms with Gasteiger partial charge in [-0.25, -0.2) is 0 Å². The Bertz CT molecular complexity index is 594. The maximum absolute atomic E-state index is 3.80. The topological polar surface area (TPSA) is 3.24 Å². The Hall–Kier alpha value is -2.12. The molecule has 0 spiro atoms. The number of hydrogen-bond acceptors (Lipinski definition) is 1. The molecule has 1 heterocycles. The number of likely N-dealkylation sites (tertiary alicyclic amines) is 1. The SMILES string of the molecule is C=Cc1cccc(CCN2CCCC2)c1.C=Cc1ccccc1. The van der Waals surface area contributed by atoms with Gasteiger partial charge in [0.2, 0.25) is 0 Å². The normalized spacial score (nSPS) is 13.9. The summed E-state index contributed by atoms with van der Waals surface area (Å²) in [7, 11) is 0. The Labute approximate surface area is 141 Å². The smallest absolute Gasteiger partial charge is 0.00218 e. The van der Waals surface area contributed by atoms with Crippen LogP contribution in [0.5, 0.6) is 0 Å². The van der Waals surface area contributed by atoms with Gasteiger partial charge in [0.05, 0.1) is 0 Å². The minimum atomic E-state index is 1.17. The molecule has 0 aromatic heterocycles. The van der Waals surface area contributed by atoms with E-state index in [0.717, 1.165) is 0 Å². The second-order valence-electron chi connectivity index (χ2n) is 5.86. The predicted molar refractivity (Wildman–Crippen MR) is 102 cm³/mol. The van der Waals surface area contributed by atoms with Gasteiger partial charge < -0.3 is 4.90 Å². The van der Waals surface area contributed by atoms with Crippen LogP contribution in [0, 0.1) is 0 Å². The minimum Gasteiger partial charge on any atom is -0.303 e.